The SMILES string of the molecule is CC(C)Nc1nc2cccc(Cl)c2s1. The molecule has 0 bridgehead atoms. The van der Waals surface area contributed by atoms with Crippen LogP contribution in [-0.4, -0.2) is 11.0 Å². The van der Waals surface area contributed by atoms with Crippen LogP contribution in [0.1, 0.15) is 13.8 Å². The van der Waals surface area contributed by atoms with Gasteiger partial charge in [-0.05, 0) is 26.0 Å². The first-order chi connectivity index (χ1) is 6.66. The molecule has 0 radical (unpaired) electrons. The molecule has 1 aromatic carbocycles. The van der Waals surface area contributed by atoms with Crippen molar-refractivity contribution in [3.8, 4) is 0 Å². The number of hydrogen-bond acceptors (Lipinski definition) is 3. The summed E-state index contributed by atoms with van der Waals surface area (Å²) in [5.74, 6) is 0. The number of benzene rings is 1. The van der Waals surface area contributed by atoms with Crippen molar-refractivity contribution in [2.45, 2.75) is 19.9 Å². The lowest BCUT2D eigenvalue weighted by Crippen LogP contribution is -2.08. The van der Waals surface area contributed by atoms with Crippen molar-refractivity contribution >= 4 is 38.3 Å². The molecule has 0 aliphatic rings. The topological polar surface area (TPSA) is 24.9 Å². The second-order valence-corrected chi connectivity index (χ2v) is 4.81. The van der Waals surface area contributed by atoms with Crippen molar-refractivity contribution in [2.24, 2.45) is 0 Å². The van der Waals surface area contributed by atoms with Gasteiger partial charge < -0.3 is 5.32 Å². The lowest BCUT2D eigenvalue weighted by atomic mass is 10.3. The fraction of sp³-hybridized carbons (Fsp3) is 0.300. The standard InChI is InChI=1S/C10H11ClN2S/c1-6(2)12-10-13-8-5-3-4-7(11)9(8)14-10/h3-6H,1-2H3,(H,12,13). The van der Waals surface area contributed by atoms with Crippen LogP contribution in [0.3, 0.4) is 0 Å². The number of anilines is 1. The first-order valence-corrected chi connectivity index (χ1v) is 5.68. The molecular weight excluding hydrogens is 216 g/mol. The molecule has 0 spiro atoms. The first kappa shape index (κ1) is 9.74. The Bertz CT molecular complexity index is 450. The Labute approximate surface area is 91.9 Å². The van der Waals surface area contributed by atoms with Crippen molar-refractivity contribution in [3.63, 3.8) is 0 Å². The van der Waals surface area contributed by atoms with Gasteiger partial charge in [-0.2, -0.15) is 0 Å². The molecule has 0 saturated heterocycles. The van der Waals surface area contributed by atoms with Crippen molar-refractivity contribution < 1.29 is 0 Å². The number of aromatic nitrogens is 1. The predicted octanol–water partition coefficient (Wildman–Crippen LogP) is 3.77. The number of rotatable bonds is 2. The summed E-state index contributed by atoms with van der Waals surface area (Å²) in [7, 11) is 0. The zero-order valence-electron chi connectivity index (χ0n) is 8.04. The highest BCUT2D eigenvalue weighted by atomic mass is 35.5. The molecule has 2 nitrogen and oxygen atoms in total. The van der Waals surface area contributed by atoms with Gasteiger partial charge in [0.15, 0.2) is 5.13 Å². The van der Waals surface area contributed by atoms with Gasteiger partial charge >= 0.3 is 0 Å². The Balaban J connectivity index is 2.46. The zero-order valence-corrected chi connectivity index (χ0v) is 9.62. The van der Waals surface area contributed by atoms with E-state index in [0.29, 0.717) is 6.04 Å². The van der Waals surface area contributed by atoms with Crippen LogP contribution in [0.25, 0.3) is 10.2 Å². The van der Waals surface area contributed by atoms with Gasteiger partial charge in [-0.1, -0.05) is 29.0 Å². The average molecular weight is 227 g/mol. The molecule has 0 fully saturated rings. The van der Waals surface area contributed by atoms with Crippen molar-refractivity contribution in [1.29, 1.82) is 0 Å². The third-order valence-electron chi connectivity index (χ3n) is 1.78. The molecule has 0 aliphatic heterocycles. The molecule has 14 heavy (non-hydrogen) atoms. The van der Waals surface area contributed by atoms with Crippen LogP contribution < -0.4 is 5.32 Å². The molecule has 0 amide bonds. The van der Waals surface area contributed by atoms with E-state index in [0.717, 1.165) is 20.4 Å². The van der Waals surface area contributed by atoms with E-state index in [1.165, 1.54) is 0 Å². The third-order valence-corrected chi connectivity index (χ3v) is 3.24. The van der Waals surface area contributed by atoms with Crippen molar-refractivity contribution in [1.82, 2.24) is 4.98 Å². The summed E-state index contributed by atoms with van der Waals surface area (Å²) < 4.78 is 1.05. The number of nitrogens with zero attached hydrogens (tertiary/aromatic N) is 1. The predicted molar refractivity (Wildman–Crippen MR) is 63.4 cm³/mol. The van der Waals surface area contributed by atoms with E-state index >= 15 is 0 Å². The number of thiazole rings is 1. The van der Waals surface area contributed by atoms with Gasteiger partial charge in [0.25, 0.3) is 0 Å². The van der Waals surface area contributed by atoms with E-state index in [9.17, 15) is 0 Å². The normalized spacial score (nSPS) is 11.1. The zero-order chi connectivity index (χ0) is 10.1. The Morgan fingerprint density at radius 3 is 2.86 bits per heavy atom. The monoisotopic (exact) mass is 226 g/mol. The summed E-state index contributed by atoms with van der Waals surface area (Å²) in [5, 5.41) is 4.98. The van der Waals surface area contributed by atoms with Gasteiger partial charge in [0.2, 0.25) is 0 Å². The lowest BCUT2D eigenvalue weighted by Gasteiger charge is -2.03. The Hall–Kier alpha value is -0.800. The molecule has 1 aromatic heterocycles. The maximum atomic E-state index is 6.05. The first-order valence-electron chi connectivity index (χ1n) is 4.48. The van der Waals surface area contributed by atoms with Crippen LogP contribution in [0, 0.1) is 0 Å². The molecule has 2 aromatic rings. The van der Waals surface area contributed by atoms with Crippen LogP contribution >= 0.6 is 22.9 Å². The van der Waals surface area contributed by atoms with Gasteiger partial charge in [-0.3, -0.25) is 0 Å². The van der Waals surface area contributed by atoms with Crippen LogP contribution in [0.4, 0.5) is 5.13 Å². The molecule has 1 N–H and O–H groups in total. The fourth-order valence-electron chi connectivity index (χ4n) is 1.22. The largest absolute Gasteiger partial charge is 0.359 e. The van der Waals surface area contributed by atoms with Crippen LogP contribution in [0.2, 0.25) is 5.02 Å². The van der Waals surface area contributed by atoms with Crippen LogP contribution in [0.5, 0.6) is 0 Å². The van der Waals surface area contributed by atoms with Gasteiger partial charge in [0, 0.05) is 6.04 Å². The minimum Gasteiger partial charge on any atom is -0.359 e. The summed E-state index contributed by atoms with van der Waals surface area (Å²) in [6.07, 6.45) is 0. The molecule has 74 valence electrons. The van der Waals surface area contributed by atoms with Crippen LogP contribution in [0.15, 0.2) is 18.2 Å². The summed E-state index contributed by atoms with van der Waals surface area (Å²) >= 11 is 7.65. The minimum absolute atomic E-state index is 0.398. The summed E-state index contributed by atoms with van der Waals surface area (Å²) in [6, 6.07) is 6.18. The van der Waals surface area contributed by atoms with E-state index in [1.54, 1.807) is 11.3 Å². The van der Waals surface area contributed by atoms with E-state index in [4.69, 9.17) is 11.6 Å². The maximum Gasteiger partial charge on any atom is 0.184 e. The summed E-state index contributed by atoms with van der Waals surface area (Å²) in [6.45, 7) is 4.18. The molecule has 2 rings (SSSR count). The molecular formula is C10H11ClN2S. The van der Waals surface area contributed by atoms with E-state index in [-0.39, 0.29) is 0 Å². The Kier molecular flexibility index (Phi) is 2.61. The summed E-state index contributed by atoms with van der Waals surface area (Å²) in [5.41, 5.74) is 0.964. The van der Waals surface area contributed by atoms with Crippen LogP contribution in [-0.2, 0) is 0 Å². The highest BCUT2D eigenvalue weighted by Gasteiger charge is 2.06. The highest BCUT2D eigenvalue weighted by molar-refractivity contribution is 7.22. The molecule has 0 atom stereocenters. The van der Waals surface area contributed by atoms with E-state index < -0.39 is 0 Å². The van der Waals surface area contributed by atoms with Gasteiger partial charge in [0.05, 0.1) is 15.2 Å². The minimum atomic E-state index is 0.398. The quantitative estimate of drug-likeness (QED) is 0.843. The molecule has 1 heterocycles. The van der Waals surface area contributed by atoms with Crippen molar-refractivity contribution in [2.75, 3.05) is 5.32 Å². The second-order valence-electron chi connectivity index (χ2n) is 3.41. The van der Waals surface area contributed by atoms with Gasteiger partial charge in [-0.25, -0.2) is 4.98 Å². The number of hydrogen-bond donors (Lipinski definition) is 1. The van der Waals surface area contributed by atoms with Gasteiger partial charge in [-0.15, -0.1) is 0 Å². The number of nitrogens with one attached hydrogen (secondary N) is 1. The van der Waals surface area contributed by atoms with E-state index in [2.05, 4.69) is 24.1 Å². The fourth-order valence-corrected chi connectivity index (χ4v) is 2.53. The lowest BCUT2D eigenvalue weighted by molar-refractivity contribution is 0.897. The Morgan fingerprint density at radius 2 is 2.21 bits per heavy atom. The molecule has 4 heteroatoms. The van der Waals surface area contributed by atoms with Crippen molar-refractivity contribution in [3.05, 3.63) is 23.2 Å². The van der Waals surface area contributed by atoms with Gasteiger partial charge in [0.1, 0.15) is 0 Å². The number of fused-ring (bicyclic) bond motifs is 1. The van der Waals surface area contributed by atoms with E-state index in [1.807, 2.05) is 18.2 Å². The average Bonchev–Trinajstić information content (AvgIpc) is 2.47. The molecule has 0 aliphatic carbocycles. The number of halogens is 1. The maximum absolute atomic E-state index is 6.05. The molecule has 0 saturated carbocycles. The molecule has 0 unspecified atom stereocenters. The Morgan fingerprint density at radius 1 is 1.43 bits per heavy atom. The highest BCUT2D eigenvalue weighted by Crippen LogP contribution is 2.31. The smallest absolute Gasteiger partial charge is 0.184 e. The summed E-state index contributed by atoms with van der Waals surface area (Å²) in [4.78, 5) is 4.44. The second kappa shape index (κ2) is 3.75. The third kappa shape index (κ3) is 1.83.